The summed E-state index contributed by atoms with van der Waals surface area (Å²) in [5.74, 6) is 0.869. The van der Waals surface area contributed by atoms with Gasteiger partial charge in [0, 0.05) is 24.2 Å². The fourth-order valence-corrected chi connectivity index (χ4v) is 2.27. The molecule has 0 fully saturated rings. The van der Waals surface area contributed by atoms with Crippen LogP contribution in [0.25, 0.3) is 6.08 Å². The fraction of sp³-hybridized carbons (Fsp3) is 0.467. The zero-order chi connectivity index (χ0) is 14.4. The Balaban J connectivity index is 1.80. The Labute approximate surface area is 124 Å². The molecule has 0 bridgehead atoms. The van der Waals surface area contributed by atoms with Crippen molar-refractivity contribution >= 4 is 17.7 Å². The van der Waals surface area contributed by atoms with Crippen LogP contribution in [0.5, 0.6) is 5.75 Å². The number of nitrogens with one attached hydrogen (secondary N) is 1. The Morgan fingerprint density at radius 3 is 3.15 bits per heavy atom. The summed E-state index contributed by atoms with van der Waals surface area (Å²) in [6, 6.07) is 5.62. The molecular formula is C15H20ClNO3. The quantitative estimate of drug-likeness (QED) is 0.757. The number of aliphatic hydroxyl groups is 1. The maximum atomic E-state index is 9.53. The van der Waals surface area contributed by atoms with E-state index >= 15 is 0 Å². The number of fused-ring (bicyclic) bond motifs is 1. The zero-order valence-corrected chi connectivity index (χ0v) is 12.3. The molecule has 1 aliphatic heterocycles. The number of hydrogen-bond acceptors (Lipinski definition) is 4. The van der Waals surface area contributed by atoms with Gasteiger partial charge in [-0.3, -0.25) is 0 Å². The second-order valence-corrected chi connectivity index (χ2v) is 5.28. The van der Waals surface area contributed by atoms with Crippen LogP contribution in [0.15, 0.2) is 23.8 Å². The number of aliphatic hydroxyl groups excluding tert-OH is 1. The average molecular weight is 298 g/mol. The minimum absolute atomic E-state index is 0.374. The predicted molar refractivity (Wildman–Crippen MR) is 80.3 cm³/mol. The summed E-state index contributed by atoms with van der Waals surface area (Å²) >= 11 is 5.98. The third kappa shape index (κ3) is 4.49. The highest BCUT2D eigenvalue weighted by Gasteiger charge is 2.11. The molecule has 0 amide bonds. The van der Waals surface area contributed by atoms with E-state index in [1.807, 2.05) is 18.2 Å². The molecule has 0 saturated heterocycles. The van der Waals surface area contributed by atoms with Gasteiger partial charge in [0.25, 0.3) is 0 Å². The molecule has 1 aromatic rings. The van der Waals surface area contributed by atoms with E-state index in [0.29, 0.717) is 24.7 Å². The molecule has 2 N–H and O–H groups in total. The third-order valence-electron chi connectivity index (χ3n) is 3.11. The first-order chi connectivity index (χ1) is 9.69. The standard InChI is InChI=1S/C15H20ClNO3/c1-19-10-14(18)4-5-17-8-11-6-12-7-13(16)2-3-15(12)20-9-11/h2-3,6-7,14,17-18H,4-5,8-10H2,1H3. The molecule has 20 heavy (non-hydrogen) atoms. The van der Waals surface area contributed by atoms with Crippen molar-refractivity contribution in [3.8, 4) is 5.75 Å². The van der Waals surface area contributed by atoms with E-state index in [4.69, 9.17) is 21.1 Å². The highest BCUT2D eigenvalue weighted by atomic mass is 35.5. The summed E-state index contributed by atoms with van der Waals surface area (Å²) < 4.78 is 10.6. The highest BCUT2D eigenvalue weighted by Crippen LogP contribution is 2.28. The van der Waals surface area contributed by atoms with E-state index < -0.39 is 6.10 Å². The number of rotatable bonds is 7. The molecule has 1 atom stereocenters. The Bertz CT molecular complexity index is 476. The largest absolute Gasteiger partial charge is 0.489 e. The van der Waals surface area contributed by atoms with Crippen molar-refractivity contribution in [2.24, 2.45) is 0 Å². The number of benzene rings is 1. The molecule has 1 aliphatic rings. The van der Waals surface area contributed by atoms with Gasteiger partial charge in [-0.2, -0.15) is 0 Å². The van der Waals surface area contributed by atoms with Gasteiger partial charge in [0.15, 0.2) is 0 Å². The molecule has 0 aliphatic carbocycles. The maximum Gasteiger partial charge on any atom is 0.127 e. The summed E-state index contributed by atoms with van der Waals surface area (Å²) in [6.45, 7) is 2.44. The van der Waals surface area contributed by atoms with Crippen molar-refractivity contribution in [2.45, 2.75) is 12.5 Å². The maximum absolute atomic E-state index is 9.53. The fourth-order valence-electron chi connectivity index (χ4n) is 2.09. The van der Waals surface area contributed by atoms with Crippen molar-refractivity contribution in [3.05, 3.63) is 34.4 Å². The first-order valence-corrected chi connectivity index (χ1v) is 7.06. The van der Waals surface area contributed by atoms with E-state index in [-0.39, 0.29) is 0 Å². The van der Waals surface area contributed by atoms with Crippen molar-refractivity contribution in [1.82, 2.24) is 5.32 Å². The summed E-state index contributed by atoms with van der Waals surface area (Å²) in [5, 5.41) is 13.5. The van der Waals surface area contributed by atoms with Gasteiger partial charge in [-0.25, -0.2) is 0 Å². The highest BCUT2D eigenvalue weighted by molar-refractivity contribution is 6.30. The van der Waals surface area contributed by atoms with E-state index in [2.05, 4.69) is 11.4 Å². The lowest BCUT2D eigenvalue weighted by Gasteiger charge is -2.19. The van der Waals surface area contributed by atoms with Gasteiger partial charge in [-0.15, -0.1) is 0 Å². The van der Waals surface area contributed by atoms with Gasteiger partial charge in [0.1, 0.15) is 12.4 Å². The topological polar surface area (TPSA) is 50.7 Å². The average Bonchev–Trinajstić information content (AvgIpc) is 2.43. The third-order valence-corrected chi connectivity index (χ3v) is 3.35. The van der Waals surface area contributed by atoms with Crippen molar-refractivity contribution in [3.63, 3.8) is 0 Å². The van der Waals surface area contributed by atoms with Crippen LogP contribution in [0.4, 0.5) is 0 Å². The summed E-state index contributed by atoms with van der Waals surface area (Å²) in [7, 11) is 1.59. The Morgan fingerprint density at radius 1 is 1.50 bits per heavy atom. The molecule has 4 nitrogen and oxygen atoms in total. The molecule has 0 aromatic heterocycles. The number of halogens is 1. The summed E-state index contributed by atoms with van der Waals surface area (Å²) in [5.41, 5.74) is 2.18. The van der Waals surface area contributed by atoms with Crippen LogP contribution < -0.4 is 10.1 Å². The molecule has 1 heterocycles. The van der Waals surface area contributed by atoms with Crippen molar-refractivity contribution in [1.29, 1.82) is 0 Å². The molecule has 0 spiro atoms. The molecule has 0 radical (unpaired) electrons. The van der Waals surface area contributed by atoms with Crippen molar-refractivity contribution in [2.75, 3.05) is 33.4 Å². The normalized spacial score (nSPS) is 15.2. The van der Waals surface area contributed by atoms with Crippen LogP contribution in [0.1, 0.15) is 12.0 Å². The minimum Gasteiger partial charge on any atom is -0.489 e. The van der Waals surface area contributed by atoms with Crippen LogP contribution >= 0.6 is 11.6 Å². The number of methoxy groups -OCH3 is 1. The van der Waals surface area contributed by atoms with E-state index in [1.165, 1.54) is 5.57 Å². The minimum atomic E-state index is -0.413. The summed E-state index contributed by atoms with van der Waals surface area (Å²) in [6.07, 6.45) is 2.36. The van der Waals surface area contributed by atoms with Crippen molar-refractivity contribution < 1.29 is 14.6 Å². The second kappa shape index (κ2) is 7.64. The Kier molecular flexibility index (Phi) is 5.86. The Hall–Kier alpha value is -1.07. The molecule has 2 rings (SSSR count). The first kappa shape index (κ1) is 15.3. The van der Waals surface area contributed by atoms with Crippen LogP contribution in [0.2, 0.25) is 5.02 Å². The van der Waals surface area contributed by atoms with Crippen LogP contribution in [-0.4, -0.2) is 44.6 Å². The molecule has 1 aromatic carbocycles. The molecule has 110 valence electrons. The van der Waals surface area contributed by atoms with Gasteiger partial charge in [0.2, 0.25) is 0 Å². The molecular weight excluding hydrogens is 278 g/mol. The van der Waals surface area contributed by atoms with Crippen LogP contribution in [0, 0.1) is 0 Å². The Morgan fingerprint density at radius 2 is 2.35 bits per heavy atom. The van der Waals surface area contributed by atoms with E-state index in [1.54, 1.807) is 7.11 Å². The molecule has 1 unspecified atom stereocenters. The van der Waals surface area contributed by atoms with E-state index in [0.717, 1.165) is 24.4 Å². The van der Waals surface area contributed by atoms with Gasteiger partial charge in [-0.1, -0.05) is 11.6 Å². The van der Waals surface area contributed by atoms with Crippen LogP contribution in [-0.2, 0) is 4.74 Å². The lowest BCUT2D eigenvalue weighted by Crippen LogP contribution is -2.26. The monoisotopic (exact) mass is 297 g/mol. The second-order valence-electron chi connectivity index (χ2n) is 4.85. The first-order valence-electron chi connectivity index (χ1n) is 6.68. The smallest absolute Gasteiger partial charge is 0.127 e. The lowest BCUT2D eigenvalue weighted by atomic mass is 10.1. The molecule has 5 heteroatoms. The number of ether oxygens (including phenoxy) is 2. The lowest BCUT2D eigenvalue weighted by molar-refractivity contribution is 0.0596. The zero-order valence-electron chi connectivity index (χ0n) is 11.6. The predicted octanol–water partition coefficient (Wildman–Crippen LogP) is 2.10. The van der Waals surface area contributed by atoms with Gasteiger partial charge in [0.05, 0.1) is 12.7 Å². The van der Waals surface area contributed by atoms with E-state index in [9.17, 15) is 5.11 Å². The summed E-state index contributed by atoms with van der Waals surface area (Å²) in [4.78, 5) is 0. The van der Waals surface area contributed by atoms with Gasteiger partial charge in [-0.05, 0) is 42.8 Å². The van der Waals surface area contributed by atoms with Crippen LogP contribution in [0.3, 0.4) is 0 Å². The SMILES string of the molecule is COCC(O)CCNCC1=Cc2cc(Cl)ccc2OC1. The van der Waals surface area contributed by atoms with Gasteiger partial charge >= 0.3 is 0 Å². The van der Waals surface area contributed by atoms with Gasteiger partial charge < -0.3 is 19.9 Å². The molecule has 0 saturated carbocycles. The number of hydrogen-bond donors (Lipinski definition) is 2.